The summed E-state index contributed by atoms with van der Waals surface area (Å²) in [6, 6.07) is 3.86. The van der Waals surface area contributed by atoms with Gasteiger partial charge in [-0.1, -0.05) is 11.6 Å². The Morgan fingerprint density at radius 1 is 1.19 bits per heavy atom. The normalized spacial score (nSPS) is 21.2. The zero-order valence-electron chi connectivity index (χ0n) is 17.3. The molecule has 0 atom stereocenters. The van der Waals surface area contributed by atoms with Crippen molar-refractivity contribution in [3.8, 4) is 0 Å². The molecule has 0 N–H and O–H groups in total. The van der Waals surface area contributed by atoms with Crippen LogP contribution in [-0.2, 0) is 27.0 Å². The van der Waals surface area contributed by atoms with Gasteiger partial charge in [0.15, 0.2) is 0 Å². The number of nitrogens with zero attached hydrogens (tertiary/aromatic N) is 1. The van der Waals surface area contributed by atoms with Crippen molar-refractivity contribution in [3.63, 3.8) is 0 Å². The molecule has 2 aliphatic heterocycles. The summed E-state index contributed by atoms with van der Waals surface area (Å²) in [4.78, 5) is 14.3. The van der Waals surface area contributed by atoms with E-state index in [4.69, 9.17) is 25.6 Å². The molecule has 0 spiro atoms. The molecule has 27 heavy (non-hydrogen) atoms. The van der Waals surface area contributed by atoms with Crippen molar-refractivity contribution < 1.29 is 18.8 Å². The molecule has 2 heterocycles. The average molecular weight is 394 g/mol. The molecule has 1 saturated heterocycles. The molecule has 0 radical (unpaired) electrons. The average Bonchev–Trinajstić information content (AvgIpc) is 2.72. The van der Waals surface area contributed by atoms with Gasteiger partial charge in [-0.2, -0.15) is 0 Å². The van der Waals surface area contributed by atoms with Gasteiger partial charge in [-0.25, -0.2) is 4.79 Å². The topological polar surface area (TPSA) is 48.0 Å². The highest BCUT2D eigenvalue weighted by Gasteiger charge is 2.52. The lowest BCUT2D eigenvalue weighted by molar-refractivity contribution is 0.00578. The molecular weight excluding hydrogens is 364 g/mol. The summed E-state index contributed by atoms with van der Waals surface area (Å²) in [7, 11) is -0.513. The Balaban J connectivity index is 1.91. The van der Waals surface area contributed by atoms with Crippen LogP contribution in [0.4, 0.5) is 4.79 Å². The molecule has 3 rings (SSSR count). The molecule has 7 heteroatoms. The Labute approximate surface area is 167 Å². The quantitative estimate of drug-likeness (QED) is 0.678. The zero-order chi connectivity index (χ0) is 20.2. The number of fused-ring (bicyclic) bond motifs is 1. The third-order valence-corrected chi connectivity index (χ3v) is 5.72. The Kier molecular flexibility index (Phi) is 5.07. The maximum absolute atomic E-state index is 12.5. The molecule has 1 amide bonds. The van der Waals surface area contributed by atoms with Gasteiger partial charge in [0.05, 0.1) is 11.2 Å². The highest BCUT2D eigenvalue weighted by atomic mass is 35.5. The van der Waals surface area contributed by atoms with Crippen LogP contribution < -0.4 is 5.46 Å². The molecule has 1 aromatic rings. The molecule has 0 aliphatic carbocycles. The minimum Gasteiger partial charge on any atom is -0.444 e. The van der Waals surface area contributed by atoms with Crippen LogP contribution in [0.15, 0.2) is 12.1 Å². The van der Waals surface area contributed by atoms with E-state index in [1.807, 2.05) is 60.6 Å². The lowest BCUT2D eigenvalue weighted by Crippen LogP contribution is -2.45. The fourth-order valence-corrected chi connectivity index (χ4v) is 3.57. The summed E-state index contributed by atoms with van der Waals surface area (Å²) in [5.74, 6) is 0. The monoisotopic (exact) mass is 393 g/mol. The van der Waals surface area contributed by atoms with Crippen molar-refractivity contribution in [1.29, 1.82) is 0 Å². The number of carbonyl (C=O) groups excluding carboxylic acids is 1. The molecule has 148 valence electrons. The smallest absolute Gasteiger partial charge is 0.444 e. The van der Waals surface area contributed by atoms with E-state index in [0.717, 1.165) is 23.0 Å². The fourth-order valence-electron chi connectivity index (χ4n) is 3.32. The number of carbonyl (C=O) groups is 1. The van der Waals surface area contributed by atoms with Crippen molar-refractivity contribution in [2.24, 2.45) is 0 Å². The van der Waals surface area contributed by atoms with Gasteiger partial charge in [0.25, 0.3) is 0 Å². The molecular formula is C20H29BClNO4. The molecule has 0 aromatic heterocycles. The maximum Gasteiger partial charge on any atom is 0.495 e. The number of rotatable bonds is 1. The van der Waals surface area contributed by atoms with E-state index < -0.39 is 23.9 Å². The molecule has 0 unspecified atom stereocenters. The first kappa shape index (κ1) is 20.5. The van der Waals surface area contributed by atoms with Crippen molar-refractivity contribution in [2.75, 3.05) is 6.54 Å². The largest absolute Gasteiger partial charge is 0.495 e. The highest BCUT2D eigenvalue weighted by molar-refractivity contribution is 6.63. The predicted octanol–water partition coefficient (Wildman–Crippen LogP) is 3.93. The second-order valence-electron chi connectivity index (χ2n) is 9.37. The van der Waals surface area contributed by atoms with E-state index in [-0.39, 0.29) is 6.09 Å². The van der Waals surface area contributed by atoms with Gasteiger partial charge in [0.1, 0.15) is 5.60 Å². The van der Waals surface area contributed by atoms with Crippen molar-refractivity contribution >= 4 is 30.3 Å². The van der Waals surface area contributed by atoms with Gasteiger partial charge >= 0.3 is 13.2 Å². The van der Waals surface area contributed by atoms with E-state index in [1.165, 1.54) is 0 Å². The summed E-state index contributed by atoms with van der Waals surface area (Å²) in [5, 5.41) is 0.657. The molecule has 1 fully saturated rings. The molecule has 2 aliphatic rings. The number of benzene rings is 1. The van der Waals surface area contributed by atoms with Crippen LogP contribution >= 0.6 is 11.6 Å². The third-order valence-electron chi connectivity index (χ3n) is 5.50. The van der Waals surface area contributed by atoms with Crippen molar-refractivity contribution in [1.82, 2.24) is 4.90 Å². The van der Waals surface area contributed by atoms with Gasteiger partial charge in [-0.05, 0) is 83.6 Å². The summed E-state index contributed by atoms with van der Waals surface area (Å²) in [6.07, 6.45) is 0.421. The second kappa shape index (κ2) is 6.68. The summed E-state index contributed by atoms with van der Waals surface area (Å²) in [5.41, 5.74) is 1.66. The standard InChI is InChI=1S/C20H29BClNO4/c1-18(2,3)25-17(24)23-9-8-13-10-14(22)11-16(15(13)12-23)21-26-19(4,5)20(6,7)27-21/h10-11H,8-9,12H2,1-7H3. The number of ether oxygens (including phenoxy) is 1. The van der Waals surface area contributed by atoms with Crippen LogP contribution in [0.5, 0.6) is 0 Å². The Morgan fingerprint density at radius 3 is 2.33 bits per heavy atom. The van der Waals surface area contributed by atoms with Crippen LogP contribution in [0, 0.1) is 0 Å². The SMILES string of the molecule is CC(C)(C)OC(=O)N1CCc2cc(Cl)cc(B3OC(C)(C)C(C)(C)O3)c2C1. The lowest BCUT2D eigenvalue weighted by atomic mass is 9.73. The van der Waals surface area contributed by atoms with Gasteiger partial charge < -0.3 is 18.9 Å². The van der Waals surface area contributed by atoms with E-state index in [0.29, 0.717) is 18.1 Å². The van der Waals surface area contributed by atoms with Crippen molar-refractivity contribution in [3.05, 3.63) is 28.3 Å². The fraction of sp³-hybridized carbons (Fsp3) is 0.650. The summed E-state index contributed by atoms with van der Waals surface area (Å²) < 4.78 is 18.0. The Hall–Kier alpha value is -1.24. The number of hydrogen-bond acceptors (Lipinski definition) is 4. The molecule has 1 aromatic carbocycles. The van der Waals surface area contributed by atoms with Gasteiger partial charge in [0, 0.05) is 18.1 Å². The van der Waals surface area contributed by atoms with Crippen LogP contribution in [0.25, 0.3) is 0 Å². The Bertz CT molecular complexity index is 741. The summed E-state index contributed by atoms with van der Waals surface area (Å²) >= 11 is 6.37. The first-order chi connectivity index (χ1) is 12.3. The number of hydrogen-bond donors (Lipinski definition) is 0. The summed E-state index contributed by atoms with van der Waals surface area (Å²) in [6.45, 7) is 14.8. The van der Waals surface area contributed by atoms with Crippen molar-refractivity contribution in [2.45, 2.75) is 78.2 Å². The van der Waals surface area contributed by atoms with Crippen LogP contribution in [-0.4, -0.2) is 41.5 Å². The first-order valence-electron chi connectivity index (χ1n) is 9.44. The van der Waals surface area contributed by atoms with E-state index in [9.17, 15) is 4.79 Å². The minimum absolute atomic E-state index is 0.303. The first-order valence-corrected chi connectivity index (χ1v) is 9.82. The highest BCUT2D eigenvalue weighted by Crippen LogP contribution is 2.37. The molecule has 5 nitrogen and oxygen atoms in total. The molecule has 0 saturated carbocycles. The van der Waals surface area contributed by atoms with Gasteiger partial charge in [-0.15, -0.1) is 0 Å². The zero-order valence-corrected chi connectivity index (χ0v) is 18.1. The van der Waals surface area contributed by atoms with Crippen LogP contribution in [0.1, 0.15) is 59.6 Å². The van der Waals surface area contributed by atoms with Crippen LogP contribution in [0.2, 0.25) is 5.02 Å². The van der Waals surface area contributed by atoms with E-state index in [2.05, 4.69) is 0 Å². The van der Waals surface area contributed by atoms with Gasteiger partial charge in [-0.3, -0.25) is 0 Å². The van der Waals surface area contributed by atoms with E-state index in [1.54, 1.807) is 4.90 Å². The van der Waals surface area contributed by atoms with E-state index >= 15 is 0 Å². The van der Waals surface area contributed by atoms with Gasteiger partial charge in [0.2, 0.25) is 0 Å². The molecule has 0 bridgehead atoms. The lowest BCUT2D eigenvalue weighted by Gasteiger charge is -2.32. The Morgan fingerprint density at radius 2 is 1.78 bits per heavy atom. The maximum atomic E-state index is 12.5. The van der Waals surface area contributed by atoms with Crippen LogP contribution in [0.3, 0.4) is 0 Å². The number of amides is 1. The third kappa shape index (κ3) is 4.13. The number of halogens is 1. The predicted molar refractivity (Wildman–Crippen MR) is 108 cm³/mol. The second-order valence-corrected chi connectivity index (χ2v) is 9.81. The minimum atomic E-state index is -0.522.